The second-order valence-electron chi connectivity index (χ2n) is 7.10. The summed E-state index contributed by atoms with van der Waals surface area (Å²) in [6.45, 7) is 5.48. The molecule has 2 atom stereocenters. The number of carbonyl (C=O) groups excluding carboxylic acids is 2. The number of carbonyl (C=O) groups is 2. The van der Waals surface area contributed by atoms with Gasteiger partial charge in [-0.15, -0.1) is 0 Å². The smallest absolute Gasteiger partial charge is 0.315 e. The normalized spacial score (nSPS) is 12.9. The molecule has 28 heavy (non-hydrogen) atoms. The first-order valence-electron chi connectivity index (χ1n) is 9.43. The summed E-state index contributed by atoms with van der Waals surface area (Å²) in [5.41, 5.74) is 1.84. The van der Waals surface area contributed by atoms with Gasteiger partial charge >= 0.3 is 12.0 Å². The number of amides is 2. The SMILES string of the molecule is CC(C)OC(=O)C[C@@H](NC(=O)N[C@@H](C)Cc1ccc(O)cc1)c1ccccc1. The van der Waals surface area contributed by atoms with Crippen molar-refractivity contribution in [3.05, 3.63) is 65.7 Å². The van der Waals surface area contributed by atoms with Crippen LogP contribution < -0.4 is 10.6 Å². The molecular weight excluding hydrogens is 356 g/mol. The first-order valence-corrected chi connectivity index (χ1v) is 9.43. The summed E-state index contributed by atoms with van der Waals surface area (Å²) < 4.78 is 5.22. The molecule has 2 aromatic rings. The van der Waals surface area contributed by atoms with Crippen LogP contribution in [-0.4, -0.2) is 29.3 Å². The minimum absolute atomic E-state index is 0.0575. The molecule has 2 amide bonds. The quantitative estimate of drug-likeness (QED) is 0.606. The van der Waals surface area contributed by atoms with Gasteiger partial charge < -0.3 is 20.5 Å². The molecule has 0 aliphatic heterocycles. The molecule has 0 fully saturated rings. The van der Waals surface area contributed by atoms with E-state index in [1.165, 1.54) is 0 Å². The monoisotopic (exact) mass is 384 g/mol. The number of phenols is 1. The summed E-state index contributed by atoms with van der Waals surface area (Å²) in [5, 5.41) is 15.1. The van der Waals surface area contributed by atoms with Crippen LogP contribution in [0, 0.1) is 0 Å². The molecule has 2 rings (SSSR count). The number of aromatic hydroxyl groups is 1. The lowest BCUT2D eigenvalue weighted by Gasteiger charge is -2.21. The van der Waals surface area contributed by atoms with E-state index in [0.29, 0.717) is 6.42 Å². The van der Waals surface area contributed by atoms with Crippen LogP contribution >= 0.6 is 0 Å². The van der Waals surface area contributed by atoms with Crippen LogP contribution in [-0.2, 0) is 16.0 Å². The Bertz CT molecular complexity index is 760. The zero-order chi connectivity index (χ0) is 20.5. The Morgan fingerprint density at radius 1 is 0.964 bits per heavy atom. The molecule has 150 valence electrons. The Morgan fingerprint density at radius 2 is 1.61 bits per heavy atom. The van der Waals surface area contributed by atoms with Gasteiger partial charge in [0.25, 0.3) is 0 Å². The van der Waals surface area contributed by atoms with Crippen molar-refractivity contribution in [2.24, 2.45) is 0 Å². The van der Waals surface area contributed by atoms with Crippen LogP contribution in [0.25, 0.3) is 0 Å². The highest BCUT2D eigenvalue weighted by molar-refractivity contribution is 5.77. The summed E-state index contributed by atoms with van der Waals surface area (Å²) in [6, 6.07) is 15.3. The molecule has 0 saturated carbocycles. The molecule has 0 aromatic heterocycles. The maximum absolute atomic E-state index is 12.5. The minimum Gasteiger partial charge on any atom is -0.508 e. The Balaban J connectivity index is 1.96. The largest absolute Gasteiger partial charge is 0.508 e. The molecular formula is C22H28N2O4. The van der Waals surface area contributed by atoms with Crippen molar-refractivity contribution in [1.29, 1.82) is 0 Å². The zero-order valence-corrected chi connectivity index (χ0v) is 16.5. The Kier molecular flexibility index (Phi) is 7.87. The Morgan fingerprint density at radius 3 is 2.21 bits per heavy atom. The number of rotatable bonds is 8. The lowest BCUT2D eigenvalue weighted by Crippen LogP contribution is -2.43. The maximum Gasteiger partial charge on any atom is 0.315 e. The fourth-order valence-electron chi connectivity index (χ4n) is 2.88. The fraction of sp³-hybridized carbons (Fsp3) is 0.364. The van der Waals surface area contributed by atoms with Crippen molar-refractivity contribution in [3.8, 4) is 5.75 Å². The molecule has 3 N–H and O–H groups in total. The molecule has 0 bridgehead atoms. The number of nitrogens with one attached hydrogen (secondary N) is 2. The van der Waals surface area contributed by atoms with E-state index in [0.717, 1.165) is 11.1 Å². The van der Waals surface area contributed by atoms with Crippen LogP contribution in [0.5, 0.6) is 5.75 Å². The summed E-state index contributed by atoms with van der Waals surface area (Å²) in [5.74, 6) is -0.151. The average Bonchev–Trinajstić information content (AvgIpc) is 2.63. The van der Waals surface area contributed by atoms with Gasteiger partial charge in [-0.3, -0.25) is 4.79 Å². The van der Waals surface area contributed by atoms with Crippen molar-refractivity contribution in [2.45, 2.75) is 51.8 Å². The van der Waals surface area contributed by atoms with E-state index in [4.69, 9.17) is 4.74 Å². The summed E-state index contributed by atoms with van der Waals surface area (Å²) >= 11 is 0. The highest BCUT2D eigenvalue weighted by Crippen LogP contribution is 2.18. The van der Waals surface area contributed by atoms with E-state index in [2.05, 4.69) is 10.6 Å². The summed E-state index contributed by atoms with van der Waals surface area (Å²) in [4.78, 5) is 24.6. The van der Waals surface area contributed by atoms with Gasteiger partial charge in [-0.05, 0) is 50.5 Å². The van der Waals surface area contributed by atoms with E-state index >= 15 is 0 Å². The van der Waals surface area contributed by atoms with Crippen LogP contribution in [0.1, 0.15) is 44.4 Å². The van der Waals surface area contributed by atoms with Gasteiger partial charge in [0.2, 0.25) is 0 Å². The van der Waals surface area contributed by atoms with Crippen LogP contribution in [0.2, 0.25) is 0 Å². The Hall–Kier alpha value is -3.02. The van der Waals surface area contributed by atoms with Crippen molar-refractivity contribution >= 4 is 12.0 Å². The van der Waals surface area contributed by atoms with Crippen molar-refractivity contribution in [3.63, 3.8) is 0 Å². The van der Waals surface area contributed by atoms with Gasteiger partial charge in [-0.1, -0.05) is 42.5 Å². The van der Waals surface area contributed by atoms with Gasteiger partial charge in [0.1, 0.15) is 5.75 Å². The Labute approximate surface area is 165 Å². The number of urea groups is 1. The predicted molar refractivity (Wildman–Crippen MR) is 108 cm³/mol. The molecule has 0 radical (unpaired) electrons. The molecule has 6 nitrogen and oxygen atoms in total. The standard InChI is InChI=1S/C22H28N2O4/c1-15(2)28-21(26)14-20(18-7-5-4-6-8-18)24-22(27)23-16(3)13-17-9-11-19(25)12-10-17/h4-12,15-16,20,25H,13-14H2,1-3H3,(H2,23,24,27)/t16-,20+/m0/s1. The van der Waals surface area contributed by atoms with E-state index in [1.807, 2.05) is 49.4 Å². The third-order valence-corrected chi connectivity index (χ3v) is 4.10. The van der Waals surface area contributed by atoms with Crippen molar-refractivity contribution in [2.75, 3.05) is 0 Å². The third-order valence-electron chi connectivity index (χ3n) is 4.10. The van der Waals surface area contributed by atoms with Gasteiger partial charge in [0.05, 0.1) is 18.6 Å². The first-order chi connectivity index (χ1) is 13.3. The number of ether oxygens (including phenoxy) is 1. The maximum atomic E-state index is 12.5. The fourth-order valence-corrected chi connectivity index (χ4v) is 2.88. The van der Waals surface area contributed by atoms with Gasteiger partial charge in [-0.25, -0.2) is 4.79 Å². The second-order valence-corrected chi connectivity index (χ2v) is 7.10. The topological polar surface area (TPSA) is 87.7 Å². The average molecular weight is 384 g/mol. The van der Waals surface area contributed by atoms with E-state index < -0.39 is 6.04 Å². The molecule has 0 aliphatic rings. The predicted octanol–water partition coefficient (Wildman–Crippen LogP) is 3.71. The summed E-state index contributed by atoms with van der Waals surface area (Å²) in [7, 11) is 0. The molecule has 0 heterocycles. The van der Waals surface area contributed by atoms with Gasteiger partial charge in [0, 0.05) is 6.04 Å². The molecule has 0 saturated heterocycles. The zero-order valence-electron chi connectivity index (χ0n) is 16.5. The third kappa shape index (κ3) is 7.31. The van der Waals surface area contributed by atoms with E-state index in [-0.39, 0.29) is 36.3 Å². The number of esters is 1. The molecule has 0 aliphatic carbocycles. The molecule has 2 aromatic carbocycles. The second kappa shape index (κ2) is 10.3. The minimum atomic E-state index is -0.478. The lowest BCUT2D eigenvalue weighted by molar-refractivity contribution is -0.147. The first kappa shape index (κ1) is 21.3. The van der Waals surface area contributed by atoms with Crippen molar-refractivity contribution in [1.82, 2.24) is 10.6 Å². The number of hydrogen-bond donors (Lipinski definition) is 3. The van der Waals surface area contributed by atoms with Crippen LogP contribution in [0.15, 0.2) is 54.6 Å². The molecule has 6 heteroatoms. The number of phenolic OH excluding ortho intramolecular Hbond substituents is 1. The van der Waals surface area contributed by atoms with Crippen molar-refractivity contribution < 1.29 is 19.4 Å². The van der Waals surface area contributed by atoms with E-state index in [1.54, 1.807) is 26.0 Å². The van der Waals surface area contributed by atoms with Crippen LogP contribution in [0.4, 0.5) is 4.79 Å². The lowest BCUT2D eigenvalue weighted by atomic mass is 10.0. The number of benzene rings is 2. The van der Waals surface area contributed by atoms with Crippen LogP contribution in [0.3, 0.4) is 0 Å². The van der Waals surface area contributed by atoms with E-state index in [9.17, 15) is 14.7 Å². The highest BCUT2D eigenvalue weighted by atomic mass is 16.5. The van der Waals surface area contributed by atoms with Gasteiger partial charge in [0.15, 0.2) is 0 Å². The summed E-state index contributed by atoms with van der Waals surface area (Å²) in [6.07, 6.45) is 0.476. The molecule has 0 unspecified atom stereocenters. The molecule has 0 spiro atoms. The van der Waals surface area contributed by atoms with Gasteiger partial charge in [-0.2, -0.15) is 0 Å². The number of hydrogen-bond acceptors (Lipinski definition) is 4. The highest BCUT2D eigenvalue weighted by Gasteiger charge is 2.20.